The highest BCUT2D eigenvalue weighted by Gasteiger charge is 2.15. The summed E-state index contributed by atoms with van der Waals surface area (Å²) >= 11 is 0. The van der Waals surface area contributed by atoms with Crippen molar-refractivity contribution in [3.8, 4) is 5.75 Å². The highest BCUT2D eigenvalue weighted by atomic mass is 16.4. The van der Waals surface area contributed by atoms with Gasteiger partial charge in [-0.15, -0.1) is 0 Å². The van der Waals surface area contributed by atoms with Crippen molar-refractivity contribution in [2.45, 2.75) is 6.92 Å². The molecule has 0 radical (unpaired) electrons. The van der Waals surface area contributed by atoms with Gasteiger partial charge >= 0.3 is 5.97 Å². The van der Waals surface area contributed by atoms with E-state index in [9.17, 15) is 15.0 Å². The summed E-state index contributed by atoms with van der Waals surface area (Å²) in [6, 6.07) is 15.5. The summed E-state index contributed by atoms with van der Waals surface area (Å²) in [5.74, 6) is -0.863. The molecule has 0 spiro atoms. The monoisotopic (exact) mass is 254 g/mol. The number of phenols is 1. The standard InChI is InChI=1S/C16H14O3/c1-11(12-5-3-2-4-6-12)15(16(18)19)13-7-9-14(17)10-8-13/h2-10,17H,1H3,(H,18,19)/b15-11+. The summed E-state index contributed by atoms with van der Waals surface area (Å²) in [4.78, 5) is 11.5. The van der Waals surface area contributed by atoms with E-state index in [4.69, 9.17) is 0 Å². The molecule has 96 valence electrons. The largest absolute Gasteiger partial charge is 0.508 e. The number of rotatable bonds is 3. The minimum atomic E-state index is -0.980. The lowest BCUT2D eigenvalue weighted by Gasteiger charge is -2.09. The van der Waals surface area contributed by atoms with E-state index in [1.807, 2.05) is 30.3 Å². The molecule has 0 aliphatic carbocycles. The van der Waals surface area contributed by atoms with Crippen LogP contribution in [0.25, 0.3) is 11.1 Å². The Kier molecular flexibility index (Phi) is 3.66. The van der Waals surface area contributed by atoms with Gasteiger partial charge in [0.25, 0.3) is 0 Å². The van der Waals surface area contributed by atoms with Gasteiger partial charge in [-0.3, -0.25) is 0 Å². The van der Waals surface area contributed by atoms with Crippen molar-refractivity contribution in [2.24, 2.45) is 0 Å². The van der Waals surface area contributed by atoms with Crippen molar-refractivity contribution in [1.82, 2.24) is 0 Å². The molecule has 2 aromatic carbocycles. The van der Waals surface area contributed by atoms with Gasteiger partial charge < -0.3 is 10.2 Å². The fourth-order valence-electron chi connectivity index (χ4n) is 1.96. The number of hydrogen-bond donors (Lipinski definition) is 2. The number of hydrogen-bond acceptors (Lipinski definition) is 2. The maximum Gasteiger partial charge on any atom is 0.336 e. The van der Waals surface area contributed by atoms with Gasteiger partial charge in [-0.1, -0.05) is 42.5 Å². The molecular weight excluding hydrogens is 240 g/mol. The van der Waals surface area contributed by atoms with Crippen molar-refractivity contribution < 1.29 is 15.0 Å². The molecule has 2 rings (SSSR count). The highest BCUT2D eigenvalue weighted by molar-refractivity contribution is 6.23. The molecule has 0 bridgehead atoms. The third kappa shape index (κ3) is 2.83. The Balaban J connectivity index is 2.57. The molecule has 0 amide bonds. The van der Waals surface area contributed by atoms with Gasteiger partial charge in [0, 0.05) is 0 Å². The Bertz CT molecular complexity index is 610. The lowest BCUT2D eigenvalue weighted by Crippen LogP contribution is -2.02. The first-order valence-corrected chi connectivity index (χ1v) is 5.88. The molecule has 0 atom stereocenters. The van der Waals surface area contributed by atoms with Crippen molar-refractivity contribution >= 4 is 17.1 Å². The lowest BCUT2D eigenvalue weighted by molar-refractivity contribution is -0.130. The molecule has 3 heteroatoms. The van der Waals surface area contributed by atoms with E-state index >= 15 is 0 Å². The molecule has 0 saturated carbocycles. The van der Waals surface area contributed by atoms with Crippen LogP contribution in [-0.4, -0.2) is 16.2 Å². The number of aliphatic carboxylic acids is 1. The predicted molar refractivity (Wildman–Crippen MR) is 74.7 cm³/mol. The normalized spacial score (nSPS) is 11.8. The molecule has 2 N–H and O–H groups in total. The number of carbonyl (C=O) groups is 1. The smallest absolute Gasteiger partial charge is 0.336 e. The number of carboxylic acid groups (broad SMARTS) is 1. The summed E-state index contributed by atoms with van der Waals surface area (Å²) in [5.41, 5.74) is 2.38. The minimum Gasteiger partial charge on any atom is -0.508 e. The first-order valence-electron chi connectivity index (χ1n) is 5.88. The van der Waals surface area contributed by atoms with Crippen LogP contribution in [0.2, 0.25) is 0 Å². The number of allylic oxidation sites excluding steroid dienone is 1. The number of benzene rings is 2. The Hall–Kier alpha value is -2.55. The molecular formula is C16H14O3. The van der Waals surface area contributed by atoms with Gasteiger partial charge in [-0.2, -0.15) is 0 Å². The summed E-state index contributed by atoms with van der Waals surface area (Å²) in [6.45, 7) is 1.78. The first-order chi connectivity index (χ1) is 9.09. The second-order valence-electron chi connectivity index (χ2n) is 4.22. The number of phenolic OH excluding ortho intramolecular Hbond substituents is 1. The van der Waals surface area contributed by atoms with E-state index in [0.29, 0.717) is 11.1 Å². The average molecular weight is 254 g/mol. The number of carboxylic acids is 1. The van der Waals surface area contributed by atoms with Crippen molar-refractivity contribution in [3.05, 3.63) is 65.7 Å². The van der Waals surface area contributed by atoms with Gasteiger partial charge in [0.15, 0.2) is 0 Å². The SMILES string of the molecule is C/C(=C(\C(=O)O)c1ccc(O)cc1)c1ccccc1. The molecule has 0 saturated heterocycles. The third-order valence-electron chi connectivity index (χ3n) is 2.95. The molecule has 0 aliphatic rings. The van der Waals surface area contributed by atoms with E-state index in [2.05, 4.69) is 0 Å². The third-order valence-corrected chi connectivity index (χ3v) is 2.95. The van der Waals surface area contributed by atoms with E-state index < -0.39 is 5.97 Å². The summed E-state index contributed by atoms with van der Waals surface area (Å²) in [6.07, 6.45) is 0. The zero-order valence-corrected chi connectivity index (χ0v) is 10.5. The molecule has 0 aliphatic heterocycles. The molecule has 0 heterocycles. The Morgan fingerprint density at radius 1 is 0.895 bits per heavy atom. The molecule has 0 aromatic heterocycles. The van der Waals surface area contributed by atoms with E-state index in [-0.39, 0.29) is 11.3 Å². The van der Waals surface area contributed by atoms with E-state index in [1.54, 1.807) is 19.1 Å². The molecule has 2 aromatic rings. The van der Waals surface area contributed by atoms with Gasteiger partial charge in [-0.25, -0.2) is 4.79 Å². The van der Waals surface area contributed by atoms with Crippen LogP contribution in [-0.2, 0) is 4.79 Å². The van der Waals surface area contributed by atoms with Crippen molar-refractivity contribution in [2.75, 3.05) is 0 Å². The van der Waals surface area contributed by atoms with Gasteiger partial charge in [-0.05, 0) is 35.8 Å². The number of aromatic hydroxyl groups is 1. The summed E-state index contributed by atoms with van der Waals surface area (Å²) in [7, 11) is 0. The van der Waals surface area contributed by atoms with Crippen LogP contribution in [0, 0.1) is 0 Å². The minimum absolute atomic E-state index is 0.117. The molecule has 0 unspecified atom stereocenters. The van der Waals surface area contributed by atoms with Crippen LogP contribution < -0.4 is 0 Å². The maximum absolute atomic E-state index is 11.5. The van der Waals surface area contributed by atoms with E-state index in [0.717, 1.165) is 5.56 Å². The van der Waals surface area contributed by atoms with Crippen molar-refractivity contribution in [3.63, 3.8) is 0 Å². The van der Waals surface area contributed by atoms with Gasteiger partial charge in [0.1, 0.15) is 5.75 Å². The van der Waals surface area contributed by atoms with Gasteiger partial charge in [0.2, 0.25) is 0 Å². The molecule has 3 nitrogen and oxygen atoms in total. The highest BCUT2D eigenvalue weighted by Crippen LogP contribution is 2.27. The van der Waals surface area contributed by atoms with Crippen LogP contribution in [0.15, 0.2) is 54.6 Å². The zero-order chi connectivity index (χ0) is 13.8. The second-order valence-corrected chi connectivity index (χ2v) is 4.22. The van der Waals surface area contributed by atoms with Crippen LogP contribution in [0.3, 0.4) is 0 Å². The Labute approximate surface area is 111 Å². The fourth-order valence-corrected chi connectivity index (χ4v) is 1.96. The predicted octanol–water partition coefficient (Wildman–Crippen LogP) is 3.41. The van der Waals surface area contributed by atoms with Gasteiger partial charge in [0.05, 0.1) is 5.57 Å². The van der Waals surface area contributed by atoms with Crippen LogP contribution in [0.4, 0.5) is 0 Å². The zero-order valence-electron chi connectivity index (χ0n) is 10.5. The molecule has 0 fully saturated rings. The van der Waals surface area contributed by atoms with Crippen molar-refractivity contribution in [1.29, 1.82) is 0 Å². The maximum atomic E-state index is 11.5. The van der Waals surface area contributed by atoms with Crippen LogP contribution in [0.5, 0.6) is 5.75 Å². The van der Waals surface area contributed by atoms with Crippen LogP contribution in [0.1, 0.15) is 18.1 Å². The average Bonchev–Trinajstić information content (AvgIpc) is 2.42. The Morgan fingerprint density at radius 2 is 1.47 bits per heavy atom. The van der Waals surface area contributed by atoms with Crippen LogP contribution >= 0.6 is 0 Å². The molecule has 19 heavy (non-hydrogen) atoms. The quantitative estimate of drug-likeness (QED) is 0.652. The first kappa shape index (κ1) is 12.9. The van der Waals surface area contributed by atoms with E-state index in [1.165, 1.54) is 12.1 Å². The lowest BCUT2D eigenvalue weighted by atomic mass is 9.96. The summed E-state index contributed by atoms with van der Waals surface area (Å²) in [5, 5.41) is 18.7. The second kappa shape index (κ2) is 5.40. The topological polar surface area (TPSA) is 57.5 Å². The fraction of sp³-hybridized carbons (Fsp3) is 0.0625. The summed E-state index contributed by atoms with van der Waals surface area (Å²) < 4.78 is 0. The Morgan fingerprint density at radius 3 is 2.00 bits per heavy atom.